The van der Waals surface area contributed by atoms with Gasteiger partial charge in [-0.3, -0.25) is 4.79 Å². The Morgan fingerprint density at radius 3 is 2.35 bits per heavy atom. The van der Waals surface area contributed by atoms with Gasteiger partial charge in [0.05, 0.1) is 17.6 Å². The molecule has 0 bridgehead atoms. The number of anilines is 1. The van der Waals surface area contributed by atoms with Crippen LogP contribution >= 0.6 is 0 Å². The highest BCUT2D eigenvalue weighted by atomic mass is 16.3. The summed E-state index contributed by atoms with van der Waals surface area (Å²) in [4.78, 5) is 18.0. The fourth-order valence-corrected chi connectivity index (χ4v) is 3.09. The molecule has 1 N–H and O–H groups in total. The van der Waals surface area contributed by atoms with Crippen molar-refractivity contribution in [3.63, 3.8) is 0 Å². The van der Waals surface area contributed by atoms with Crippen LogP contribution in [-0.4, -0.2) is 57.1 Å². The van der Waals surface area contributed by atoms with Crippen molar-refractivity contribution >= 4 is 11.6 Å². The van der Waals surface area contributed by atoms with E-state index >= 15 is 0 Å². The average molecular weight is 349 g/mol. The standard InChI is InChI=1S/C19H19N5O2/c25-18-9-5-4-8-17(18)22-10-12-23(13-11-22)19(26)16-14-20-24(21-16)15-6-2-1-3-7-15/h1-9,14,25H,10-13H2. The van der Waals surface area contributed by atoms with Gasteiger partial charge in [-0.2, -0.15) is 9.90 Å². The highest BCUT2D eigenvalue weighted by Crippen LogP contribution is 2.27. The average Bonchev–Trinajstić information content (AvgIpc) is 3.19. The molecule has 2 aromatic carbocycles. The summed E-state index contributed by atoms with van der Waals surface area (Å²) in [6.45, 7) is 2.48. The second-order valence-corrected chi connectivity index (χ2v) is 6.12. The molecule has 7 nitrogen and oxygen atoms in total. The lowest BCUT2D eigenvalue weighted by Crippen LogP contribution is -2.48. The summed E-state index contributed by atoms with van der Waals surface area (Å²) in [5.74, 6) is 0.141. The third-order valence-electron chi connectivity index (χ3n) is 4.49. The van der Waals surface area contributed by atoms with E-state index in [1.165, 1.54) is 11.0 Å². The number of carbonyl (C=O) groups excluding carboxylic acids is 1. The van der Waals surface area contributed by atoms with E-state index in [0.717, 1.165) is 11.4 Å². The highest BCUT2D eigenvalue weighted by molar-refractivity contribution is 5.92. The predicted molar refractivity (Wildman–Crippen MR) is 97.6 cm³/mol. The second kappa shape index (κ2) is 6.87. The van der Waals surface area contributed by atoms with Gasteiger partial charge in [-0.1, -0.05) is 30.3 Å². The summed E-state index contributed by atoms with van der Waals surface area (Å²) in [6.07, 6.45) is 1.50. The van der Waals surface area contributed by atoms with Gasteiger partial charge >= 0.3 is 0 Å². The molecular weight excluding hydrogens is 330 g/mol. The predicted octanol–water partition coefficient (Wildman–Crippen LogP) is 1.94. The maximum atomic E-state index is 12.7. The number of hydrogen-bond donors (Lipinski definition) is 1. The van der Waals surface area contributed by atoms with E-state index in [9.17, 15) is 9.90 Å². The van der Waals surface area contributed by atoms with Gasteiger partial charge in [0.1, 0.15) is 5.75 Å². The summed E-state index contributed by atoms with van der Waals surface area (Å²) < 4.78 is 0. The quantitative estimate of drug-likeness (QED) is 0.782. The first-order valence-corrected chi connectivity index (χ1v) is 8.52. The van der Waals surface area contributed by atoms with Crippen molar-refractivity contribution in [1.29, 1.82) is 0 Å². The molecule has 26 heavy (non-hydrogen) atoms. The lowest BCUT2D eigenvalue weighted by Gasteiger charge is -2.35. The van der Waals surface area contributed by atoms with Gasteiger partial charge in [-0.25, -0.2) is 0 Å². The normalized spacial score (nSPS) is 14.5. The molecular formula is C19H19N5O2. The molecule has 3 aromatic rings. The Hall–Kier alpha value is -3.35. The number of phenols is 1. The van der Waals surface area contributed by atoms with Gasteiger partial charge in [0.2, 0.25) is 0 Å². The van der Waals surface area contributed by atoms with Crippen molar-refractivity contribution < 1.29 is 9.90 Å². The zero-order chi connectivity index (χ0) is 17.9. The molecule has 1 saturated heterocycles. The van der Waals surface area contributed by atoms with Crippen LogP contribution in [0.25, 0.3) is 5.69 Å². The first-order valence-electron chi connectivity index (χ1n) is 8.52. The molecule has 4 rings (SSSR count). The molecule has 0 saturated carbocycles. The van der Waals surface area contributed by atoms with Gasteiger partial charge in [0, 0.05) is 26.2 Å². The number of benzene rings is 2. The summed E-state index contributed by atoms with van der Waals surface area (Å²) in [6, 6.07) is 16.8. The fraction of sp³-hybridized carbons (Fsp3) is 0.211. The van der Waals surface area contributed by atoms with E-state index in [0.29, 0.717) is 31.9 Å². The lowest BCUT2D eigenvalue weighted by molar-refractivity contribution is 0.0740. The van der Waals surface area contributed by atoms with Crippen LogP contribution in [0, 0.1) is 0 Å². The van der Waals surface area contributed by atoms with Crippen molar-refractivity contribution in [1.82, 2.24) is 19.9 Å². The van der Waals surface area contributed by atoms with E-state index in [1.54, 1.807) is 17.0 Å². The van der Waals surface area contributed by atoms with Crippen LogP contribution in [0.3, 0.4) is 0 Å². The van der Waals surface area contributed by atoms with Crippen molar-refractivity contribution in [2.45, 2.75) is 0 Å². The molecule has 0 aliphatic carbocycles. The minimum atomic E-state index is -0.121. The van der Waals surface area contributed by atoms with Crippen LogP contribution in [0.2, 0.25) is 0 Å². The van der Waals surface area contributed by atoms with E-state index in [-0.39, 0.29) is 11.7 Å². The van der Waals surface area contributed by atoms with Crippen molar-refractivity contribution in [3.8, 4) is 11.4 Å². The third kappa shape index (κ3) is 3.11. The van der Waals surface area contributed by atoms with Gasteiger partial charge in [0.25, 0.3) is 5.91 Å². The minimum Gasteiger partial charge on any atom is -0.506 e. The van der Waals surface area contributed by atoms with Crippen molar-refractivity contribution in [2.24, 2.45) is 0 Å². The Morgan fingerprint density at radius 2 is 1.62 bits per heavy atom. The van der Waals surface area contributed by atoms with Crippen LogP contribution in [0.15, 0.2) is 60.8 Å². The lowest BCUT2D eigenvalue weighted by atomic mass is 10.2. The number of aromatic hydroxyl groups is 1. The van der Waals surface area contributed by atoms with Gasteiger partial charge in [-0.05, 0) is 24.3 Å². The van der Waals surface area contributed by atoms with E-state index < -0.39 is 0 Å². The molecule has 7 heteroatoms. The third-order valence-corrected chi connectivity index (χ3v) is 4.49. The SMILES string of the molecule is O=C(c1cnn(-c2ccccc2)n1)N1CCN(c2ccccc2O)CC1. The summed E-state index contributed by atoms with van der Waals surface area (Å²) in [7, 11) is 0. The minimum absolute atomic E-state index is 0.121. The van der Waals surface area contributed by atoms with Crippen LogP contribution in [0.1, 0.15) is 10.5 Å². The van der Waals surface area contributed by atoms with Crippen LogP contribution in [0.5, 0.6) is 5.75 Å². The molecule has 1 aliphatic heterocycles. The zero-order valence-electron chi connectivity index (χ0n) is 14.2. The second-order valence-electron chi connectivity index (χ2n) is 6.12. The van der Waals surface area contributed by atoms with Crippen LogP contribution in [-0.2, 0) is 0 Å². The molecule has 132 valence electrons. The fourth-order valence-electron chi connectivity index (χ4n) is 3.09. The summed E-state index contributed by atoms with van der Waals surface area (Å²) in [5, 5.41) is 18.5. The van der Waals surface area contributed by atoms with Crippen molar-refractivity contribution in [2.75, 3.05) is 31.1 Å². The smallest absolute Gasteiger partial charge is 0.276 e. The molecule has 1 fully saturated rings. The molecule has 1 aromatic heterocycles. The molecule has 0 unspecified atom stereocenters. The topological polar surface area (TPSA) is 74.5 Å². The first kappa shape index (κ1) is 16.1. The number of piperazine rings is 1. The molecule has 2 heterocycles. The Morgan fingerprint density at radius 1 is 0.923 bits per heavy atom. The monoisotopic (exact) mass is 349 g/mol. The molecule has 0 spiro atoms. The van der Waals surface area contributed by atoms with Gasteiger partial charge in [0.15, 0.2) is 5.69 Å². The number of para-hydroxylation sites is 3. The van der Waals surface area contributed by atoms with Crippen LogP contribution < -0.4 is 4.90 Å². The Bertz CT molecular complexity index is 901. The number of carbonyl (C=O) groups is 1. The van der Waals surface area contributed by atoms with Crippen LogP contribution in [0.4, 0.5) is 5.69 Å². The largest absolute Gasteiger partial charge is 0.506 e. The first-order chi connectivity index (χ1) is 12.7. The Labute approximate surface area is 151 Å². The number of hydrogen-bond acceptors (Lipinski definition) is 5. The molecule has 1 aliphatic rings. The molecule has 0 radical (unpaired) electrons. The van der Waals surface area contributed by atoms with E-state index in [4.69, 9.17) is 0 Å². The van der Waals surface area contributed by atoms with E-state index in [1.807, 2.05) is 42.5 Å². The molecule has 1 amide bonds. The number of amides is 1. The summed E-state index contributed by atoms with van der Waals surface area (Å²) >= 11 is 0. The number of rotatable bonds is 3. The summed E-state index contributed by atoms with van der Waals surface area (Å²) in [5.41, 5.74) is 1.95. The highest BCUT2D eigenvalue weighted by Gasteiger charge is 2.25. The number of aromatic nitrogens is 3. The van der Waals surface area contributed by atoms with Gasteiger partial charge < -0.3 is 14.9 Å². The number of phenolic OH excluding ortho intramolecular Hbond substituents is 1. The maximum Gasteiger partial charge on any atom is 0.276 e. The Kier molecular flexibility index (Phi) is 4.27. The number of nitrogens with zero attached hydrogens (tertiary/aromatic N) is 5. The van der Waals surface area contributed by atoms with Crippen molar-refractivity contribution in [3.05, 3.63) is 66.5 Å². The maximum absolute atomic E-state index is 12.7. The van der Waals surface area contributed by atoms with E-state index in [2.05, 4.69) is 15.1 Å². The Balaban J connectivity index is 1.43. The zero-order valence-corrected chi connectivity index (χ0v) is 14.2. The van der Waals surface area contributed by atoms with Gasteiger partial charge in [-0.15, -0.1) is 5.10 Å². The molecule has 0 atom stereocenters.